The Morgan fingerprint density at radius 2 is 2.21 bits per heavy atom. The van der Waals surface area contributed by atoms with Crippen LogP contribution >= 0.6 is 38.9 Å². The molecule has 0 bridgehead atoms. The molecule has 2 heterocycles. The van der Waals surface area contributed by atoms with E-state index in [4.69, 9.17) is 22.1 Å². The molecule has 1 aromatic carbocycles. The lowest BCUT2D eigenvalue weighted by Gasteiger charge is -2.14. The third-order valence-corrected chi connectivity index (χ3v) is 6.15. The number of imidazole rings is 1. The van der Waals surface area contributed by atoms with Crippen LogP contribution in [0.5, 0.6) is 5.75 Å². The van der Waals surface area contributed by atoms with Crippen LogP contribution in [0.2, 0.25) is 5.02 Å². The molecule has 0 aliphatic rings. The Labute approximate surface area is 186 Å². The lowest BCUT2D eigenvalue weighted by Crippen LogP contribution is -2.15. The minimum absolute atomic E-state index is 0.193. The molecule has 3 rings (SSSR count). The molecule has 2 aromatic heterocycles. The number of thiophene rings is 1. The minimum Gasteiger partial charge on any atom is -0.488 e. The first-order chi connectivity index (χ1) is 13.9. The van der Waals surface area contributed by atoms with Gasteiger partial charge in [0.25, 0.3) is 5.91 Å². The van der Waals surface area contributed by atoms with E-state index in [1.165, 1.54) is 6.33 Å². The molecule has 0 saturated heterocycles. The van der Waals surface area contributed by atoms with Gasteiger partial charge in [-0.25, -0.2) is 4.98 Å². The Kier molecular flexibility index (Phi) is 7.71. The number of aliphatic hydroxyl groups excluding tert-OH is 1. The smallest absolute Gasteiger partial charge is 0.268 e. The summed E-state index contributed by atoms with van der Waals surface area (Å²) in [6.07, 6.45) is 4.63. The second-order valence-electron chi connectivity index (χ2n) is 6.61. The molecule has 0 spiro atoms. The van der Waals surface area contributed by atoms with Gasteiger partial charge >= 0.3 is 0 Å². The number of nitrogens with zero attached hydrogens (tertiary/aromatic N) is 2. The van der Waals surface area contributed by atoms with Crippen molar-refractivity contribution in [2.75, 3.05) is 0 Å². The lowest BCUT2D eigenvalue weighted by atomic mass is 10.0. The van der Waals surface area contributed by atoms with Crippen LogP contribution in [0, 0.1) is 0 Å². The number of aromatic nitrogens is 2. The summed E-state index contributed by atoms with van der Waals surface area (Å²) in [7, 11) is 0. The summed E-state index contributed by atoms with van der Waals surface area (Å²) in [5.41, 5.74) is 6.43. The number of benzene rings is 1. The van der Waals surface area contributed by atoms with Crippen molar-refractivity contribution in [3.63, 3.8) is 0 Å². The van der Waals surface area contributed by atoms with E-state index in [1.807, 2.05) is 30.3 Å². The number of hydrogen-bond donors (Lipinski definition) is 2. The predicted octanol–water partition coefficient (Wildman–Crippen LogP) is 4.42. The van der Waals surface area contributed by atoms with E-state index in [-0.39, 0.29) is 5.69 Å². The van der Waals surface area contributed by atoms with Crippen molar-refractivity contribution in [2.45, 2.75) is 38.5 Å². The fourth-order valence-electron chi connectivity index (χ4n) is 2.90. The van der Waals surface area contributed by atoms with E-state index in [0.717, 1.165) is 32.8 Å². The first-order valence-electron chi connectivity index (χ1n) is 9.06. The van der Waals surface area contributed by atoms with Gasteiger partial charge in [0.1, 0.15) is 18.1 Å². The molecule has 9 heteroatoms. The molecule has 29 heavy (non-hydrogen) atoms. The summed E-state index contributed by atoms with van der Waals surface area (Å²) in [6, 6.07) is 9.65. The van der Waals surface area contributed by atoms with E-state index >= 15 is 0 Å². The van der Waals surface area contributed by atoms with Crippen molar-refractivity contribution in [1.82, 2.24) is 9.55 Å². The number of nitrogens with two attached hydrogens (primary N) is 1. The molecule has 0 saturated carbocycles. The van der Waals surface area contributed by atoms with Crippen LogP contribution in [0.15, 0.2) is 46.6 Å². The van der Waals surface area contributed by atoms with Gasteiger partial charge in [0.05, 0.1) is 16.2 Å². The summed E-state index contributed by atoms with van der Waals surface area (Å²) in [5, 5.41) is 10.9. The topological polar surface area (TPSA) is 90.4 Å². The van der Waals surface area contributed by atoms with Gasteiger partial charge in [-0.1, -0.05) is 17.7 Å². The van der Waals surface area contributed by atoms with E-state index in [0.29, 0.717) is 24.6 Å². The first kappa shape index (κ1) is 21.8. The number of amides is 1. The maximum absolute atomic E-state index is 11.1. The van der Waals surface area contributed by atoms with Gasteiger partial charge in [-0.15, -0.1) is 11.3 Å². The minimum atomic E-state index is -0.580. The largest absolute Gasteiger partial charge is 0.488 e. The molecular formula is C20H21BrClN3O3S. The molecule has 0 radical (unpaired) electrons. The first-order valence-corrected chi connectivity index (χ1v) is 11.0. The van der Waals surface area contributed by atoms with Gasteiger partial charge in [0.2, 0.25) is 0 Å². The fraction of sp³-hybridized carbons (Fsp3) is 0.300. The van der Waals surface area contributed by atoms with Crippen LogP contribution in [0.3, 0.4) is 0 Å². The van der Waals surface area contributed by atoms with Gasteiger partial charge < -0.3 is 20.1 Å². The highest BCUT2D eigenvalue weighted by Gasteiger charge is 2.11. The highest BCUT2D eigenvalue weighted by Crippen LogP contribution is 2.28. The number of aliphatic hydroxyl groups is 1. The van der Waals surface area contributed by atoms with Crippen molar-refractivity contribution in [3.05, 3.63) is 67.8 Å². The van der Waals surface area contributed by atoms with E-state index < -0.39 is 12.0 Å². The van der Waals surface area contributed by atoms with E-state index in [1.54, 1.807) is 22.1 Å². The zero-order chi connectivity index (χ0) is 20.8. The molecule has 1 atom stereocenters. The highest BCUT2D eigenvalue weighted by molar-refractivity contribution is 9.11. The third kappa shape index (κ3) is 6.57. The number of ether oxygens (including phenoxy) is 1. The number of primary amides is 1. The molecular weight excluding hydrogens is 478 g/mol. The van der Waals surface area contributed by atoms with Crippen molar-refractivity contribution in [2.24, 2.45) is 5.73 Å². The van der Waals surface area contributed by atoms with Gasteiger partial charge in [-0.05, 0) is 65.0 Å². The second kappa shape index (κ2) is 10.2. The number of halogens is 2. The molecule has 0 aliphatic heterocycles. The molecule has 154 valence electrons. The normalized spacial score (nSPS) is 12.1. The quantitative estimate of drug-likeness (QED) is 0.433. The zero-order valence-corrected chi connectivity index (χ0v) is 18.7. The Hall–Kier alpha value is -1.87. The molecule has 3 aromatic rings. The fourth-order valence-corrected chi connectivity index (χ4v) is 4.46. The van der Waals surface area contributed by atoms with Crippen molar-refractivity contribution in [3.8, 4) is 5.75 Å². The van der Waals surface area contributed by atoms with Crippen LogP contribution in [0.25, 0.3) is 0 Å². The third-order valence-electron chi connectivity index (χ3n) is 4.32. The zero-order valence-electron chi connectivity index (χ0n) is 15.6. The Morgan fingerprint density at radius 1 is 1.38 bits per heavy atom. The number of carbonyl (C=O) groups is 1. The number of hydrogen-bond acceptors (Lipinski definition) is 5. The molecule has 1 amide bonds. The average Bonchev–Trinajstić information content (AvgIpc) is 3.30. The Balaban J connectivity index is 1.52. The number of rotatable bonds is 10. The Morgan fingerprint density at radius 3 is 2.90 bits per heavy atom. The number of carbonyl (C=O) groups excluding carboxylic acids is 1. The van der Waals surface area contributed by atoms with Crippen LogP contribution < -0.4 is 10.5 Å². The molecule has 6 nitrogen and oxygen atoms in total. The predicted molar refractivity (Wildman–Crippen MR) is 117 cm³/mol. The number of aryl methyl sites for hydroxylation is 1. The molecule has 0 fully saturated rings. The lowest BCUT2D eigenvalue weighted by molar-refractivity contribution is 0.0995. The van der Waals surface area contributed by atoms with Crippen molar-refractivity contribution < 1.29 is 14.6 Å². The summed E-state index contributed by atoms with van der Waals surface area (Å²) in [4.78, 5) is 16.1. The monoisotopic (exact) mass is 497 g/mol. The standard InChI is InChI=1S/C20H21BrClN3O3S/c21-19-7-6-16(29-19)11-28-18-8-14(22)5-4-13(18)2-1-3-15(26)9-25-10-17(20(23)27)24-12-25/h4-8,10,12,15,26H,1-3,9,11H2,(H2,23,27)/t15-/m0/s1. The van der Waals surface area contributed by atoms with Crippen LogP contribution in [0.4, 0.5) is 0 Å². The summed E-state index contributed by atoms with van der Waals surface area (Å²) in [5.74, 6) is 0.181. The van der Waals surface area contributed by atoms with Crippen LogP contribution in [0.1, 0.15) is 33.8 Å². The van der Waals surface area contributed by atoms with Gasteiger partial charge in [-0.2, -0.15) is 0 Å². The SMILES string of the molecule is NC(=O)c1cn(C[C@@H](O)CCCc2ccc(Cl)cc2OCc2ccc(Br)s2)cn1. The van der Waals surface area contributed by atoms with E-state index in [2.05, 4.69) is 20.9 Å². The van der Waals surface area contributed by atoms with Gasteiger partial charge in [-0.3, -0.25) is 4.79 Å². The van der Waals surface area contributed by atoms with Gasteiger partial charge in [0.15, 0.2) is 0 Å². The maximum Gasteiger partial charge on any atom is 0.268 e. The second-order valence-corrected chi connectivity index (χ2v) is 9.60. The average molecular weight is 499 g/mol. The summed E-state index contributed by atoms with van der Waals surface area (Å²) < 4.78 is 8.72. The molecule has 3 N–H and O–H groups in total. The summed E-state index contributed by atoms with van der Waals surface area (Å²) in [6.45, 7) is 0.840. The molecule has 0 unspecified atom stereocenters. The van der Waals surface area contributed by atoms with Gasteiger partial charge in [0, 0.05) is 22.6 Å². The molecule has 0 aliphatic carbocycles. The Bertz CT molecular complexity index is 976. The summed E-state index contributed by atoms with van der Waals surface area (Å²) >= 11 is 11.2. The van der Waals surface area contributed by atoms with Crippen LogP contribution in [-0.4, -0.2) is 26.7 Å². The highest BCUT2D eigenvalue weighted by atomic mass is 79.9. The van der Waals surface area contributed by atoms with E-state index in [9.17, 15) is 9.90 Å². The van der Waals surface area contributed by atoms with Crippen LogP contribution in [-0.2, 0) is 19.6 Å². The van der Waals surface area contributed by atoms with Crippen molar-refractivity contribution >= 4 is 44.8 Å². The maximum atomic E-state index is 11.1. The van der Waals surface area contributed by atoms with Crippen molar-refractivity contribution in [1.29, 1.82) is 0 Å².